The van der Waals surface area contributed by atoms with Gasteiger partial charge < -0.3 is 0 Å². The molecule has 0 aromatic heterocycles. The van der Waals surface area contributed by atoms with Crippen LogP contribution in [0, 0.1) is 5.92 Å². The van der Waals surface area contributed by atoms with Crippen LogP contribution < -0.4 is 0 Å². The smallest absolute Gasteiger partial charge is 0.0392 e. The third-order valence-corrected chi connectivity index (χ3v) is 1.60. The van der Waals surface area contributed by atoms with E-state index >= 15 is 0 Å². The first-order valence-electron chi connectivity index (χ1n) is 4.81. The van der Waals surface area contributed by atoms with E-state index in [1.54, 1.807) is 0 Å². The molecule has 0 saturated heterocycles. The Kier molecular flexibility index (Phi) is 6.19. The Morgan fingerprint density at radius 1 is 1.36 bits per heavy atom. The molecule has 0 saturated carbocycles. The summed E-state index contributed by atoms with van der Waals surface area (Å²) in [5.41, 5.74) is 1.45. The molecule has 0 amide bonds. The van der Waals surface area contributed by atoms with Crippen molar-refractivity contribution in [3.05, 3.63) is 0 Å². The highest BCUT2D eigenvalue weighted by Gasteiger charge is 2.06. The van der Waals surface area contributed by atoms with Crippen molar-refractivity contribution in [3.63, 3.8) is 0 Å². The van der Waals surface area contributed by atoms with E-state index in [1.165, 1.54) is 25.0 Å². The second-order valence-electron chi connectivity index (χ2n) is 3.15. The van der Waals surface area contributed by atoms with Gasteiger partial charge in [0.15, 0.2) is 0 Å². The first-order chi connectivity index (χ1) is 5.29. The summed E-state index contributed by atoms with van der Waals surface area (Å²) in [5, 5.41) is 0. The second-order valence-corrected chi connectivity index (χ2v) is 3.15. The molecule has 1 aliphatic heterocycles. The molecule has 0 atom stereocenters. The molecule has 0 bridgehead atoms. The first kappa shape index (κ1) is 10.7. The molecule has 0 aromatic carbocycles. The Bertz CT molecular complexity index is 114. The van der Waals surface area contributed by atoms with Gasteiger partial charge in [0, 0.05) is 12.3 Å². The molecule has 0 radical (unpaired) electrons. The van der Waals surface area contributed by atoms with E-state index in [2.05, 4.69) is 18.8 Å². The van der Waals surface area contributed by atoms with Crippen LogP contribution in [0.1, 0.15) is 47.0 Å². The van der Waals surface area contributed by atoms with Gasteiger partial charge in [-0.2, -0.15) is 0 Å². The number of hydrogen-bond donors (Lipinski definition) is 0. The van der Waals surface area contributed by atoms with Crippen molar-refractivity contribution in [2.24, 2.45) is 10.9 Å². The predicted molar refractivity (Wildman–Crippen MR) is 52.3 cm³/mol. The van der Waals surface area contributed by atoms with Gasteiger partial charge >= 0.3 is 0 Å². The molecule has 1 rings (SSSR count). The summed E-state index contributed by atoms with van der Waals surface area (Å²) < 4.78 is 0. The molecular weight excluding hydrogens is 134 g/mol. The largest absolute Gasteiger partial charge is 0.294 e. The third-order valence-electron chi connectivity index (χ3n) is 1.60. The van der Waals surface area contributed by atoms with Gasteiger partial charge in [-0.25, -0.2) is 0 Å². The van der Waals surface area contributed by atoms with Crippen molar-refractivity contribution >= 4 is 5.71 Å². The quantitative estimate of drug-likeness (QED) is 0.580. The van der Waals surface area contributed by atoms with Crippen LogP contribution in [0.2, 0.25) is 0 Å². The molecule has 0 fully saturated rings. The molecule has 1 heterocycles. The van der Waals surface area contributed by atoms with Crippen LogP contribution in [0.5, 0.6) is 0 Å². The standard InChI is InChI=1S/C8H15N.C2H6/c1-7(2)6-8-4-3-5-9-8;1-2/h7H,3-6H2,1-2H3;1-2H3. The zero-order valence-corrected chi connectivity index (χ0v) is 8.35. The number of rotatable bonds is 2. The molecule has 1 heteroatoms. The molecule has 0 unspecified atom stereocenters. The molecule has 0 spiro atoms. The van der Waals surface area contributed by atoms with Gasteiger partial charge in [0.25, 0.3) is 0 Å². The van der Waals surface area contributed by atoms with Gasteiger partial charge in [0.1, 0.15) is 0 Å². The number of hydrogen-bond acceptors (Lipinski definition) is 1. The molecule has 66 valence electrons. The normalized spacial score (nSPS) is 15.9. The summed E-state index contributed by atoms with van der Waals surface area (Å²) in [4.78, 5) is 4.39. The van der Waals surface area contributed by atoms with E-state index < -0.39 is 0 Å². The van der Waals surface area contributed by atoms with E-state index in [4.69, 9.17) is 0 Å². The van der Waals surface area contributed by atoms with Crippen LogP contribution in [0.4, 0.5) is 0 Å². The van der Waals surface area contributed by atoms with Crippen molar-refractivity contribution in [3.8, 4) is 0 Å². The molecule has 11 heavy (non-hydrogen) atoms. The molecule has 1 aliphatic rings. The van der Waals surface area contributed by atoms with Crippen molar-refractivity contribution < 1.29 is 0 Å². The minimum absolute atomic E-state index is 0.793. The van der Waals surface area contributed by atoms with Crippen molar-refractivity contribution in [1.29, 1.82) is 0 Å². The van der Waals surface area contributed by atoms with Gasteiger partial charge in [-0.15, -0.1) is 0 Å². The molecule has 0 aromatic rings. The summed E-state index contributed by atoms with van der Waals surface area (Å²) in [6.45, 7) is 9.59. The Hall–Kier alpha value is -0.330. The van der Waals surface area contributed by atoms with E-state index in [-0.39, 0.29) is 0 Å². The zero-order valence-electron chi connectivity index (χ0n) is 8.35. The maximum atomic E-state index is 4.39. The summed E-state index contributed by atoms with van der Waals surface area (Å²) >= 11 is 0. The van der Waals surface area contributed by atoms with E-state index in [0.29, 0.717) is 0 Å². The van der Waals surface area contributed by atoms with Crippen LogP contribution in [-0.2, 0) is 0 Å². The fourth-order valence-electron chi connectivity index (χ4n) is 1.24. The predicted octanol–water partition coefficient (Wildman–Crippen LogP) is 3.29. The fraction of sp³-hybridized carbons (Fsp3) is 0.900. The zero-order chi connectivity index (χ0) is 8.69. The molecule has 1 nitrogen and oxygen atoms in total. The summed E-state index contributed by atoms with van der Waals surface area (Å²) in [6.07, 6.45) is 3.78. The average molecular weight is 155 g/mol. The Balaban J connectivity index is 0.000000461. The van der Waals surface area contributed by atoms with Crippen LogP contribution in [-0.4, -0.2) is 12.3 Å². The highest BCUT2D eigenvalue weighted by molar-refractivity contribution is 5.85. The van der Waals surface area contributed by atoms with Crippen molar-refractivity contribution in [2.45, 2.75) is 47.0 Å². The van der Waals surface area contributed by atoms with Crippen molar-refractivity contribution in [2.75, 3.05) is 6.54 Å². The minimum Gasteiger partial charge on any atom is -0.294 e. The number of nitrogens with zero attached hydrogens (tertiary/aromatic N) is 1. The topological polar surface area (TPSA) is 12.4 Å². The summed E-state index contributed by atoms with van der Waals surface area (Å²) in [5.74, 6) is 0.793. The van der Waals surface area contributed by atoms with E-state index in [9.17, 15) is 0 Å². The molecule has 0 N–H and O–H groups in total. The highest BCUT2D eigenvalue weighted by Crippen LogP contribution is 2.11. The van der Waals surface area contributed by atoms with Crippen LogP contribution in [0.3, 0.4) is 0 Å². The van der Waals surface area contributed by atoms with Crippen LogP contribution in [0.25, 0.3) is 0 Å². The second kappa shape index (κ2) is 6.38. The third kappa shape index (κ3) is 5.00. The SMILES string of the molecule is CC.CC(C)CC1=NCCC1. The van der Waals surface area contributed by atoms with E-state index in [0.717, 1.165) is 12.5 Å². The monoisotopic (exact) mass is 155 g/mol. The molecule has 0 aliphatic carbocycles. The van der Waals surface area contributed by atoms with Crippen LogP contribution >= 0.6 is 0 Å². The Morgan fingerprint density at radius 2 is 2.00 bits per heavy atom. The van der Waals surface area contributed by atoms with Crippen LogP contribution in [0.15, 0.2) is 4.99 Å². The van der Waals surface area contributed by atoms with Gasteiger partial charge in [0.2, 0.25) is 0 Å². The lowest BCUT2D eigenvalue weighted by Crippen LogP contribution is -1.98. The summed E-state index contributed by atoms with van der Waals surface area (Å²) in [7, 11) is 0. The summed E-state index contributed by atoms with van der Waals surface area (Å²) in [6, 6.07) is 0. The van der Waals surface area contributed by atoms with Gasteiger partial charge in [-0.3, -0.25) is 4.99 Å². The minimum atomic E-state index is 0.793. The number of aliphatic imine (C=N–C) groups is 1. The van der Waals surface area contributed by atoms with Gasteiger partial charge in [-0.05, 0) is 25.2 Å². The lowest BCUT2D eigenvalue weighted by atomic mass is 10.1. The fourth-order valence-corrected chi connectivity index (χ4v) is 1.24. The van der Waals surface area contributed by atoms with E-state index in [1.807, 2.05) is 13.8 Å². The Morgan fingerprint density at radius 3 is 2.36 bits per heavy atom. The highest BCUT2D eigenvalue weighted by atomic mass is 14.8. The van der Waals surface area contributed by atoms with Gasteiger partial charge in [0.05, 0.1) is 0 Å². The lowest BCUT2D eigenvalue weighted by Gasteiger charge is -2.01. The average Bonchev–Trinajstić information content (AvgIpc) is 2.43. The van der Waals surface area contributed by atoms with Crippen molar-refractivity contribution in [1.82, 2.24) is 0 Å². The maximum absolute atomic E-state index is 4.39. The lowest BCUT2D eigenvalue weighted by molar-refractivity contribution is 0.679. The Labute approximate surface area is 70.9 Å². The first-order valence-corrected chi connectivity index (χ1v) is 4.81. The maximum Gasteiger partial charge on any atom is 0.0392 e. The van der Waals surface area contributed by atoms with Gasteiger partial charge in [-0.1, -0.05) is 27.7 Å². The molecular formula is C10H21N.